The van der Waals surface area contributed by atoms with E-state index in [1.807, 2.05) is 6.92 Å². The summed E-state index contributed by atoms with van der Waals surface area (Å²) >= 11 is 12.5. The Morgan fingerprint density at radius 3 is 2.09 bits per heavy atom. The molecule has 0 aliphatic carbocycles. The fourth-order valence-corrected chi connectivity index (χ4v) is 12.1. The van der Waals surface area contributed by atoms with Gasteiger partial charge in [0, 0.05) is 28.9 Å². The van der Waals surface area contributed by atoms with Gasteiger partial charge in [-0.3, -0.25) is 4.79 Å². The Kier molecular flexibility index (Phi) is 11.5. The van der Waals surface area contributed by atoms with Crippen LogP contribution in [0.25, 0.3) is 11.0 Å². The van der Waals surface area contributed by atoms with Crippen molar-refractivity contribution in [3.05, 3.63) is 51.4 Å². The zero-order valence-corrected chi connectivity index (χ0v) is 29.8. The van der Waals surface area contributed by atoms with Crippen LogP contribution in [-0.4, -0.2) is 60.7 Å². The summed E-state index contributed by atoms with van der Waals surface area (Å²) in [6.07, 6.45) is 1.49. The van der Waals surface area contributed by atoms with E-state index in [4.69, 9.17) is 32.6 Å². The molecular formula is C30H43Cl2N5O4SSi. The summed E-state index contributed by atoms with van der Waals surface area (Å²) in [5.41, 5.74) is 2.91. The Bertz CT molecular complexity index is 1540. The fraction of sp³-hybridized carbons (Fsp3) is 0.533. The molecule has 3 rings (SSSR count). The second-order valence-electron chi connectivity index (χ2n) is 11.7. The molecule has 0 saturated carbocycles. The van der Waals surface area contributed by atoms with E-state index < -0.39 is 18.2 Å². The molecule has 0 aliphatic rings. The average Bonchev–Trinajstić information content (AvgIpc) is 2.92. The molecule has 43 heavy (non-hydrogen) atoms. The summed E-state index contributed by atoms with van der Waals surface area (Å²) in [7, 11) is -5.87. The predicted molar refractivity (Wildman–Crippen MR) is 179 cm³/mol. The molecule has 3 aromatic rings. The number of aromatic nitrogens is 3. The molecule has 1 aromatic carbocycles. The molecule has 2 heterocycles. The van der Waals surface area contributed by atoms with Crippen LogP contribution in [0.2, 0.25) is 26.7 Å². The lowest BCUT2D eigenvalue weighted by atomic mass is 10.2. The molecule has 0 fully saturated rings. The van der Waals surface area contributed by atoms with Crippen LogP contribution in [0.3, 0.4) is 0 Å². The van der Waals surface area contributed by atoms with E-state index in [1.54, 1.807) is 36.9 Å². The van der Waals surface area contributed by atoms with Gasteiger partial charge in [0.15, 0.2) is 21.3 Å². The molecule has 0 saturated heterocycles. The molecule has 0 atom stereocenters. The number of hydrogen-bond acceptors (Lipinski definition) is 8. The van der Waals surface area contributed by atoms with E-state index in [1.165, 1.54) is 6.20 Å². The summed E-state index contributed by atoms with van der Waals surface area (Å²) in [5.74, 6) is 0.0826. The third kappa shape index (κ3) is 7.79. The van der Waals surface area contributed by atoms with E-state index in [0.29, 0.717) is 44.9 Å². The van der Waals surface area contributed by atoms with Gasteiger partial charge in [-0.25, -0.2) is 23.4 Å². The van der Waals surface area contributed by atoms with Crippen molar-refractivity contribution in [2.45, 2.75) is 85.5 Å². The highest BCUT2D eigenvalue weighted by Gasteiger charge is 2.48. The molecular weight excluding hydrogens is 625 g/mol. The normalized spacial score (nSPS) is 12.4. The van der Waals surface area contributed by atoms with Gasteiger partial charge in [0.1, 0.15) is 22.7 Å². The predicted octanol–water partition coefficient (Wildman–Crippen LogP) is 7.66. The van der Waals surface area contributed by atoms with E-state index in [2.05, 4.69) is 56.8 Å². The second-order valence-corrected chi connectivity index (χ2v) is 20.3. The summed E-state index contributed by atoms with van der Waals surface area (Å²) in [6, 6.07) is 5.22. The van der Waals surface area contributed by atoms with Crippen molar-refractivity contribution in [2.24, 2.45) is 0 Å². The second kappa shape index (κ2) is 14.1. The maximum atomic E-state index is 14.2. The number of rotatable bonds is 13. The molecule has 1 N–H and O–H groups in total. The van der Waals surface area contributed by atoms with Crippen LogP contribution >= 0.6 is 23.2 Å². The number of benzene rings is 1. The van der Waals surface area contributed by atoms with Gasteiger partial charge < -0.3 is 14.6 Å². The Labute approximate surface area is 266 Å². The van der Waals surface area contributed by atoms with E-state index in [-0.39, 0.29) is 46.4 Å². The summed E-state index contributed by atoms with van der Waals surface area (Å²) < 4.78 is 31.4. The number of carbonyl (C=O) groups excluding carboxylic acids is 1. The van der Waals surface area contributed by atoms with E-state index in [0.717, 1.165) is 5.56 Å². The Morgan fingerprint density at radius 2 is 1.58 bits per heavy atom. The van der Waals surface area contributed by atoms with Gasteiger partial charge >= 0.3 is 0 Å². The van der Waals surface area contributed by atoms with Crippen molar-refractivity contribution < 1.29 is 17.6 Å². The van der Waals surface area contributed by atoms with Crippen LogP contribution in [0.15, 0.2) is 24.4 Å². The largest absolute Gasteiger partial charge is 0.540 e. The van der Waals surface area contributed by atoms with Crippen LogP contribution in [0, 0.1) is 6.92 Å². The number of carbonyl (C=O) groups is 1. The third-order valence-corrected chi connectivity index (χ3v) is 15.8. The Hall–Kier alpha value is -2.47. The average molecular weight is 669 g/mol. The molecule has 236 valence electrons. The SMILES string of the molecule is CCN(Cc1cc(Cl)cc(Cl)c1)C(=O)c1ncc2nc(NCS(=O)(=O)CC)c(C)nc2c1O[Si](C(C)C)(C(C)C)C(C)C. The minimum Gasteiger partial charge on any atom is -0.540 e. The van der Waals surface area contributed by atoms with E-state index in [9.17, 15) is 13.2 Å². The monoisotopic (exact) mass is 667 g/mol. The van der Waals surface area contributed by atoms with Crippen molar-refractivity contribution in [1.82, 2.24) is 19.9 Å². The molecule has 0 unspecified atom stereocenters. The first-order valence-corrected chi connectivity index (χ1v) is 19.3. The summed E-state index contributed by atoms with van der Waals surface area (Å²) in [5, 5.41) is 3.88. The van der Waals surface area contributed by atoms with Gasteiger partial charge in [-0.1, -0.05) is 71.7 Å². The van der Waals surface area contributed by atoms with E-state index >= 15 is 0 Å². The molecule has 13 heteroatoms. The number of fused-ring (bicyclic) bond motifs is 1. The maximum absolute atomic E-state index is 14.2. The van der Waals surface area contributed by atoms with Gasteiger partial charge in [0.05, 0.1) is 11.9 Å². The van der Waals surface area contributed by atoms with Gasteiger partial charge in [0.25, 0.3) is 14.2 Å². The number of nitrogens with one attached hydrogen (secondary N) is 1. The number of halogens is 2. The summed E-state index contributed by atoms with van der Waals surface area (Å²) in [6.45, 7) is 18.9. The molecule has 0 radical (unpaired) electrons. The van der Waals surface area contributed by atoms with Crippen LogP contribution in [-0.2, 0) is 16.4 Å². The smallest absolute Gasteiger partial charge is 0.276 e. The molecule has 0 aliphatic heterocycles. The zero-order chi connectivity index (χ0) is 32.3. The lowest BCUT2D eigenvalue weighted by molar-refractivity contribution is 0.0744. The third-order valence-electron chi connectivity index (χ3n) is 7.90. The van der Waals surface area contributed by atoms with Crippen molar-refractivity contribution in [1.29, 1.82) is 0 Å². The first kappa shape index (κ1) is 35.0. The first-order valence-electron chi connectivity index (χ1n) is 14.6. The minimum atomic E-state index is -3.29. The maximum Gasteiger partial charge on any atom is 0.276 e. The molecule has 2 aromatic heterocycles. The quantitative estimate of drug-likeness (QED) is 0.185. The van der Waals surface area contributed by atoms with Crippen LogP contribution in [0.1, 0.15) is 77.1 Å². The van der Waals surface area contributed by atoms with Gasteiger partial charge in [0.2, 0.25) is 0 Å². The topological polar surface area (TPSA) is 114 Å². The van der Waals surface area contributed by atoms with Crippen molar-refractivity contribution in [2.75, 3.05) is 23.5 Å². The van der Waals surface area contributed by atoms with Gasteiger partial charge in [-0.2, -0.15) is 0 Å². The standard InChI is InChI=1S/C30H43Cl2N5O4SSi/c1-10-37(16-22-12-23(31)14-24(32)13-22)30(38)27-28(41-43(18(3)4,19(5)6)20(7)8)26-25(15-33-27)36-29(21(9)35-26)34-17-42(39,40)11-2/h12-15,18-20H,10-11,16-17H2,1-9H3,(H,34,36). The van der Waals surface area contributed by atoms with Gasteiger partial charge in [-0.05, 0) is 54.2 Å². The zero-order valence-electron chi connectivity index (χ0n) is 26.5. The van der Waals surface area contributed by atoms with Crippen molar-refractivity contribution in [3.8, 4) is 5.75 Å². The number of aryl methyl sites for hydroxylation is 1. The van der Waals surface area contributed by atoms with Crippen LogP contribution in [0.4, 0.5) is 5.82 Å². The lowest BCUT2D eigenvalue weighted by Crippen LogP contribution is -2.51. The highest BCUT2D eigenvalue weighted by molar-refractivity contribution is 7.91. The minimum absolute atomic E-state index is 0.00666. The number of hydrogen-bond donors (Lipinski definition) is 1. The highest BCUT2D eigenvalue weighted by atomic mass is 35.5. The Morgan fingerprint density at radius 1 is 1.00 bits per heavy atom. The van der Waals surface area contributed by atoms with Crippen LogP contribution in [0.5, 0.6) is 5.75 Å². The number of anilines is 1. The highest BCUT2D eigenvalue weighted by Crippen LogP contribution is 2.45. The first-order chi connectivity index (χ1) is 20.1. The lowest BCUT2D eigenvalue weighted by Gasteiger charge is -2.42. The number of pyridine rings is 1. The molecule has 9 nitrogen and oxygen atoms in total. The number of sulfone groups is 1. The number of amides is 1. The van der Waals surface area contributed by atoms with Crippen molar-refractivity contribution >= 4 is 64.1 Å². The number of nitrogens with zero attached hydrogens (tertiary/aromatic N) is 4. The van der Waals surface area contributed by atoms with Crippen LogP contribution < -0.4 is 9.74 Å². The fourth-order valence-electron chi connectivity index (χ4n) is 5.71. The van der Waals surface area contributed by atoms with Crippen molar-refractivity contribution in [3.63, 3.8) is 0 Å². The summed E-state index contributed by atoms with van der Waals surface area (Å²) in [4.78, 5) is 30.0. The molecule has 0 bridgehead atoms. The van der Waals surface area contributed by atoms with Gasteiger partial charge in [-0.15, -0.1) is 0 Å². The molecule has 0 spiro atoms. The Balaban J connectivity index is 2.23. The molecule has 1 amide bonds.